The molecular weight excluding hydrogens is 477 g/mol. The van der Waals surface area contributed by atoms with Crippen LogP contribution in [0.3, 0.4) is 0 Å². The third kappa shape index (κ3) is 5.69. The van der Waals surface area contributed by atoms with Gasteiger partial charge in [0, 0.05) is 21.5 Å². The SMILES string of the molecule is CCOC(=O)c1c(NC(=O)C=Cc2ccc(Cl)c(Cl)c2)sc(C)c1-c1ccc(Cl)cc1. The molecule has 0 unspecified atom stereocenters. The lowest BCUT2D eigenvalue weighted by Crippen LogP contribution is -2.12. The topological polar surface area (TPSA) is 55.4 Å². The Morgan fingerprint density at radius 2 is 1.77 bits per heavy atom. The van der Waals surface area contributed by atoms with Crippen molar-refractivity contribution in [2.24, 2.45) is 0 Å². The number of hydrogen-bond donors (Lipinski definition) is 1. The molecule has 31 heavy (non-hydrogen) atoms. The van der Waals surface area contributed by atoms with Crippen molar-refractivity contribution in [3.8, 4) is 11.1 Å². The van der Waals surface area contributed by atoms with Crippen LogP contribution >= 0.6 is 46.1 Å². The molecule has 0 radical (unpaired) electrons. The van der Waals surface area contributed by atoms with Gasteiger partial charge in [-0.2, -0.15) is 0 Å². The summed E-state index contributed by atoms with van der Waals surface area (Å²) in [6.45, 7) is 3.84. The molecule has 1 heterocycles. The number of rotatable bonds is 6. The maximum atomic E-state index is 12.7. The van der Waals surface area contributed by atoms with Crippen LogP contribution in [0.25, 0.3) is 17.2 Å². The maximum Gasteiger partial charge on any atom is 0.341 e. The summed E-state index contributed by atoms with van der Waals surface area (Å²) in [6, 6.07) is 12.2. The molecular formula is C23H18Cl3NO3S. The molecule has 3 aromatic rings. The maximum absolute atomic E-state index is 12.7. The predicted octanol–water partition coefficient (Wildman–Crippen LogP) is 7.51. The second-order valence-electron chi connectivity index (χ2n) is 6.46. The van der Waals surface area contributed by atoms with Gasteiger partial charge in [-0.05, 0) is 55.3 Å². The molecule has 0 saturated heterocycles. The first-order valence-electron chi connectivity index (χ1n) is 9.30. The molecule has 0 atom stereocenters. The highest BCUT2D eigenvalue weighted by Crippen LogP contribution is 2.40. The van der Waals surface area contributed by atoms with Crippen molar-refractivity contribution in [2.75, 3.05) is 11.9 Å². The normalized spacial score (nSPS) is 11.0. The molecule has 0 fully saturated rings. The first-order valence-corrected chi connectivity index (χ1v) is 11.3. The Balaban J connectivity index is 1.92. The van der Waals surface area contributed by atoms with E-state index in [1.807, 2.05) is 19.1 Å². The molecule has 0 spiro atoms. The number of nitrogens with one attached hydrogen (secondary N) is 1. The van der Waals surface area contributed by atoms with Gasteiger partial charge in [-0.15, -0.1) is 11.3 Å². The molecule has 1 aromatic heterocycles. The summed E-state index contributed by atoms with van der Waals surface area (Å²) in [4.78, 5) is 26.2. The van der Waals surface area contributed by atoms with Crippen LogP contribution in [0.15, 0.2) is 48.5 Å². The van der Waals surface area contributed by atoms with Crippen LogP contribution in [0.5, 0.6) is 0 Å². The van der Waals surface area contributed by atoms with Crippen LogP contribution in [0.1, 0.15) is 27.7 Å². The highest BCUT2D eigenvalue weighted by molar-refractivity contribution is 7.17. The molecule has 0 aliphatic heterocycles. The van der Waals surface area contributed by atoms with Crippen molar-refractivity contribution >= 4 is 69.1 Å². The number of carbonyl (C=O) groups excluding carboxylic acids is 2. The van der Waals surface area contributed by atoms with Crippen LogP contribution in [0, 0.1) is 6.92 Å². The third-order valence-corrected chi connectivity index (χ3v) is 6.32. The zero-order valence-electron chi connectivity index (χ0n) is 16.7. The lowest BCUT2D eigenvalue weighted by molar-refractivity contribution is -0.111. The molecule has 0 aliphatic rings. The van der Waals surface area contributed by atoms with E-state index in [0.717, 1.165) is 16.0 Å². The Bertz CT molecular complexity index is 1150. The predicted molar refractivity (Wildman–Crippen MR) is 130 cm³/mol. The average molecular weight is 495 g/mol. The minimum absolute atomic E-state index is 0.221. The van der Waals surface area contributed by atoms with Gasteiger partial charge in [0.05, 0.1) is 16.7 Å². The number of hydrogen-bond acceptors (Lipinski definition) is 4. The molecule has 0 bridgehead atoms. The average Bonchev–Trinajstić information content (AvgIpc) is 3.05. The summed E-state index contributed by atoms with van der Waals surface area (Å²) in [7, 11) is 0. The first kappa shape index (κ1) is 23.4. The molecule has 4 nitrogen and oxygen atoms in total. The molecule has 0 aliphatic carbocycles. The number of thiophene rings is 1. The van der Waals surface area contributed by atoms with Crippen molar-refractivity contribution in [1.29, 1.82) is 0 Å². The van der Waals surface area contributed by atoms with Gasteiger partial charge in [0.25, 0.3) is 0 Å². The highest BCUT2D eigenvalue weighted by atomic mass is 35.5. The van der Waals surface area contributed by atoms with Gasteiger partial charge in [-0.3, -0.25) is 4.79 Å². The lowest BCUT2D eigenvalue weighted by atomic mass is 10.0. The van der Waals surface area contributed by atoms with Crippen LogP contribution in [-0.2, 0) is 9.53 Å². The van der Waals surface area contributed by atoms with Gasteiger partial charge in [-0.25, -0.2) is 4.79 Å². The Kier molecular flexibility index (Phi) is 7.79. The number of ether oxygens (including phenoxy) is 1. The first-order chi connectivity index (χ1) is 14.8. The standard InChI is InChI=1S/C23H18Cl3NO3S/c1-3-30-23(29)21-20(15-6-8-16(24)9-7-15)13(2)31-22(21)27-19(28)11-5-14-4-10-17(25)18(26)12-14/h4-12H,3H2,1-2H3,(H,27,28). The summed E-state index contributed by atoms with van der Waals surface area (Å²) in [5.41, 5.74) is 2.57. The van der Waals surface area contributed by atoms with Gasteiger partial charge in [0.2, 0.25) is 5.91 Å². The molecule has 160 valence electrons. The van der Waals surface area contributed by atoms with Crippen molar-refractivity contribution < 1.29 is 14.3 Å². The van der Waals surface area contributed by atoms with E-state index in [1.165, 1.54) is 17.4 Å². The fraction of sp³-hybridized carbons (Fsp3) is 0.130. The van der Waals surface area contributed by atoms with E-state index in [1.54, 1.807) is 43.3 Å². The molecule has 0 saturated carbocycles. The number of esters is 1. The van der Waals surface area contributed by atoms with Gasteiger partial charge in [0.1, 0.15) is 10.6 Å². The Labute approximate surface area is 199 Å². The second kappa shape index (κ2) is 10.3. The van der Waals surface area contributed by atoms with Crippen LogP contribution in [0.4, 0.5) is 5.00 Å². The fourth-order valence-corrected chi connectivity index (χ4v) is 4.44. The summed E-state index contributed by atoms with van der Waals surface area (Å²) < 4.78 is 5.25. The zero-order valence-corrected chi connectivity index (χ0v) is 19.8. The summed E-state index contributed by atoms with van der Waals surface area (Å²) in [5.74, 6) is -0.888. The van der Waals surface area contributed by atoms with Gasteiger partial charge >= 0.3 is 5.97 Å². The van der Waals surface area contributed by atoms with Crippen molar-refractivity contribution in [2.45, 2.75) is 13.8 Å². The largest absolute Gasteiger partial charge is 0.462 e. The van der Waals surface area contributed by atoms with E-state index in [9.17, 15) is 9.59 Å². The minimum Gasteiger partial charge on any atom is -0.462 e. The molecule has 2 aromatic carbocycles. The van der Waals surface area contributed by atoms with E-state index in [-0.39, 0.29) is 12.5 Å². The van der Waals surface area contributed by atoms with Gasteiger partial charge in [0.15, 0.2) is 0 Å². The van der Waals surface area contributed by atoms with E-state index >= 15 is 0 Å². The fourth-order valence-electron chi connectivity index (χ4n) is 2.94. The second-order valence-corrected chi connectivity index (χ2v) is 8.94. The van der Waals surface area contributed by atoms with Gasteiger partial charge < -0.3 is 10.1 Å². The van der Waals surface area contributed by atoms with Crippen LogP contribution in [0.2, 0.25) is 15.1 Å². The highest BCUT2D eigenvalue weighted by Gasteiger charge is 2.25. The van der Waals surface area contributed by atoms with Crippen LogP contribution < -0.4 is 5.32 Å². The van der Waals surface area contributed by atoms with Crippen molar-refractivity contribution in [1.82, 2.24) is 0 Å². The Morgan fingerprint density at radius 3 is 2.42 bits per heavy atom. The zero-order chi connectivity index (χ0) is 22.5. The number of anilines is 1. The number of amides is 1. The quantitative estimate of drug-likeness (QED) is 0.285. The number of aryl methyl sites for hydroxylation is 1. The van der Waals surface area contributed by atoms with E-state index < -0.39 is 5.97 Å². The summed E-state index contributed by atoms with van der Waals surface area (Å²) in [5, 5.41) is 4.64. The Morgan fingerprint density at radius 1 is 1.06 bits per heavy atom. The molecule has 8 heteroatoms. The number of carbonyl (C=O) groups is 2. The van der Waals surface area contributed by atoms with E-state index in [2.05, 4.69) is 5.32 Å². The minimum atomic E-state index is -0.499. The van der Waals surface area contributed by atoms with Gasteiger partial charge in [-0.1, -0.05) is 53.0 Å². The smallest absolute Gasteiger partial charge is 0.341 e. The number of halogens is 3. The summed E-state index contributed by atoms with van der Waals surface area (Å²) in [6.07, 6.45) is 2.98. The lowest BCUT2D eigenvalue weighted by Gasteiger charge is -2.08. The van der Waals surface area contributed by atoms with E-state index in [0.29, 0.717) is 31.2 Å². The molecule has 3 rings (SSSR count). The van der Waals surface area contributed by atoms with E-state index in [4.69, 9.17) is 39.5 Å². The van der Waals surface area contributed by atoms with Crippen molar-refractivity contribution in [3.63, 3.8) is 0 Å². The Hall–Kier alpha value is -2.31. The number of benzene rings is 2. The monoisotopic (exact) mass is 493 g/mol. The molecule has 1 N–H and O–H groups in total. The summed E-state index contributed by atoms with van der Waals surface area (Å²) >= 11 is 19.2. The molecule has 1 amide bonds. The third-order valence-electron chi connectivity index (χ3n) is 4.30. The van der Waals surface area contributed by atoms with Crippen LogP contribution in [-0.4, -0.2) is 18.5 Å². The van der Waals surface area contributed by atoms with Crippen molar-refractivity contribution in [3.05, 3.63) is 79.6 Å².